The van der Waals surface area contributed by atoms with Gasteiger partial charge in [0.1, 0.15) is 0 Å². The Labute approximate surface area is 74.8 Å². The molecule has 0 radical (unpaired) electrons. The van der Waals surface area contributed by atoms with E-state index in [1.165, 1.54) is 0 Å². The van der Waals surface area contributed by atoms with Crippen LogP contribution in [0.25, 0.3) is 0 Å². The van der Waals surface area contributed by atoms with Crippen molar-refractivity contribution in [3.8, 4) is 0 Å². The fraction of sp³-hybridized carbons (Fsp3) is 0.500. The van der Waals surface area contributed by atoms with Crippen molar-refractivity contribution in [3.05, 3.63) is 16.1 Å². The molecule has 1 rings (SSSR count). The van der Waals surface area contributed by atoms with Crippen molar-refractivity contribution in [2.75, 3.05) is 0 Å². The summed E-state index contributed by atoms with van der Waals surface area (Å²) in [6, 6.07) is 0. The lowest BCUT2D eigenvalue weighted by Gasteiger charge is -2.01. The third kappa shape index (κ3) is 2.01. The van der Waals surface area contributed by atoms with Crippen LogP contribution < -0.4 is 0 Å². The van der Waals surface area contributed by atoms with E-state index in [2.05, 4.69) is 15.2 Å². The van der Waals surface area contributed by atoms with Gasteiger partial charge in [0.05, 0.1) is 0 Å². The van der Waals surface area contributed by atoms with Gasteiger partial charge >= 0.3 is 0 Å². The second-order valence-electron chi connectivity index (χ2n) is 2.41. The lowest BCUT2D eigenvalue weighted by molar-refractivity contribution is 0.736. The van der Waals surface area contributed by atoms with Crippen molar-refractivity contribution in [1.82, 2.24) is 15.2 Å². The first-order chi connectivity index (χ1) is 5.11. The molecule has 0 aromatic carbocycles. The Hall–Kier alpha value is -0.410. The zero-order chi connectivity index (χ0) is 8.43. The molecule has 0 aliphatic carbocycles. The van der Waals surface area contributed by atoms with Crippen molar-refractivity contribution < 1.29 is 0 Å². The largest absolute Gasteiger partial charge is 0.216 e. The molecule has 11 heavy (non-hydrogen) atoms. The van der Waals surface area contributed by atoms with Crippen LogP contribution >= 0.6 is 23.2 Å². The molecule has 0 aliphatic heterocycles. The van der Waals surface area contributed by atoms with Gasteiger partial charge in [0, 0.05) is 5.92 Å². The van der Waals surface area contributed by atoms with Gasteiger partial charge in [-0.1, -0.05) is 37.0 Å². The maximum atomic E-state index is 5.61. The van der Waals surface area contributed by atoms with Gasteiger partial charge in [0.25, 0.3) is 0 Å². The van der Waals surface area contributed by atoms with Crippen LogP contribution in [0.2, 0.25) is 10.3 Å². The van der Waals surface area contributed by atoms with E-state index in [0.29, 0.717) is 5.82 Å². The van der Waals surface area contributed by atoms with E-state index < -0.39 is 0 Å². The standard InChI is InChI=1S/C6H7Cl2N3/c1-3(2)6-9-4(7)5(8)10-11-6/h3H,1-2H3. The SMILES string of the molecule is CC(C)c1nnc(Cl)c(Cl)n1. The van der Waals surface area contributed by atoms with Gasteiger partial charge in [-0.05, 0) is 0 Å². The number of nitrogens with zero attached hydrogens (tertiary/aromatic N) is 3. The highest BCUT2D eigenvalue weighted by Gasteiger charge is 2.06. The van der Waals surface area contributed by atoms with E-state index >= 15 is 0 Å². The Kier molecular flexibility index (Phi) is 2.62. The van der Waals surface area contributed by atoms with E-state index in [9.17, 15) is 0 Å². The molecule has 3 nitrogen and oxygen atoms in total. The van der Waals surface area contributed by atoms with Gasteiger partial charge in [-0.25, -0.2) is 4.98 Å². The van der Waals surface area contributed by atoms with Crippen molar-refractivity contribution >= 4 is 23.2 Å². The maximum absolute atomic E-state index is 5.61. The predicted molar refractivity (Wildman–Crippen MR) is 43.9 cm³/mol. The molecule has 0 amide bonds. The van der Waals surface area contributed by atoms with E-state index in [1.54, 1.807) is 0 Å². The molecule has 5 heteroatoms. The molecular formula is C6H7Cl2N3. The van der Waals surface area contributed by atoms with Crippen LogP contribution in [-0.4, -0.2) is 15.2 Å². The molecule has 0 bridgehead atoms. The summed E-state index contributed by atoms with van der Waals surface area (Å²) in [7, 11) is 0. The van der Waals surface area contributed by atoms with E-state index in [0.717, 1.165) is 0 Å². The van der Waals surface area contributed by atoms with Gasteiger partial charge in [-0.3, -0.25) is 0 Å². The number of hydrogen-bond donors (Lipinski definition) is 0. The number of hydrogen-bond acceptors (Lipinski definition) is 3. The molecule has 0 unspecified atom stereocenters. The van der Waals surface area contributed by atoms with E-state index in [4.69, 9.17) is 23.2 Å². The van der Waals surface area contributed by atoms with Crippen LogP contribution in [0.4, 0.5) is 0 Å². The van der Waals surface area contributed by atoms with Gasteiger partial charge in [0.15, 0.2) is 16.1 Å². The molecule has 1 aromatic rings. The number of aromatic nitrogens is 3. The molecule has 60 valence electrons. The van der Waals surface area contributed by atoms with Crippen LogP contribution in [0, 0.1) is 0 Å². The fourth-order valence-corrected chi connectivity index (χ4v) is 0.754. The molecule has 0 spiro atoms. The molecule has 1 aromatic heterocycles. The van der Waals surface area contributed by atoms with Crippen molar-refractivity contribution in [2.24, 2.45) is 0 Å². The summed E-state index contributed by atoms with van der Waals surface area (Å²) in [5, 5.41) is 7.74. The summed E-state index contributed by atoms with van der Waals surface area (Å²) < 4.78 is 0. The van der Waals surface area contributed by atoms with E-state index in [1.807, 2.05) is 13.8 Å². The molecule has 0 saturated heterocycles. The number of rotatable bonds is 1. The van der Waals surface area contributed by atoms with Crippen LogP contribution in [-0.2, 0) is 0 Å². The number of halogens is 2. The molecule has 0 aliphatic rings. The Bertz CT molecular complexity index is 262. The van der Waals surface area contributed by atoms with Crippen molar-refractivity contribution in [2.45, 2.75) is 19.8 Å². The Balaban J connectivity index is 3.05. The van der Waals surface area contributed by atoms with Gasteiger partial charge in [0.2, 0.25) is 0 Å². The quantitative estimate of drug-likeness (QED) is 0.685. The molecule has 0 saturated carbocycles. The van der Waals surface area contributed by atoms with E-state index in [-0.39, 0.29) is 16.2 Å². The van der Waals surface area contributed by atoms with Crippen LogP contribution in [0.5, 0.6) is 0 Å². The first-order valence-corrected chi connectivity index (χ1v) is 3.92. The van der Waals surface area contributed by atoms with Gasteiger partial charge < -0.3 is 0 Å². The topological polar surface area (TPSA) is 38.7 Å². The monoisotopic (exact) mass is 191 g/mol. The lowest BCUT2D eigenvalue weighted by atomic mass is 10.2. The Morgan fingerprint density at radius 3 is 2.18 bits per heavy atom. The second-order valence-corrected chi connectivity index (χ2v) is 3.12. The molecule has 1 heterocycles. The summed E-state index contributed by atoms with van der Waals surface area (Å²) in [5.74, 6) is 0.830. The highest BCUT2D eigenvalue weighted by molar-refractivity contribution is 6.40. The smallest absolute Gasteiger partial charge is 0.189 e. The van der Waals surface area contributed by atoms with Crippen molar-refractivity contribution in [3.63, 3.8) is 0 Å². The molecule has 0 N–H and O–H groups in total. The lowest BCUT2D eigenvalue weighted by Crippen LogP contribution is -1.99. The van der Waals surface area contributed by atoms with Crippen LogP contribution in [0.1, 0.15) is 25.6 Å². The molecular weight excluding hydrogens is 185 g/mol. The summed E-state index contributed by atoms with van der Waals surface area (Å²) in [6.07, 6.45) is 0. The van der Waals surface area contributed by atoms with Gasteiger partial charge in [-0.15, -0.1) is 10.2 Å². The minimum Gasteiger partial charge on any atom is -0.216 e. The Morgan fingerprint density at radius 1 is 1.09 bits per heavy atom. The summed E-state index contributed by atoms with van der Waals surface area (Å²) >= 11 is 11.1. The molecule has 0 fully saturated rings. The van der Waals surface area contributed by atoms with Crippen molar-refractivity contribution in [1.29, 1.82) is 0 Å². The normalized spacial score (nSPS) is 10.6. The average molecular weight is 192 g/mol. The first-order valence-electron chi connectivity index (χ1n) is 3.17. The van der Waals surface area contributed by atoms with Gasteiger partial charge in [-0.2, -0.15) is 0 Å². The maximum Gasteiger partial charge on any atom is 0.189 e. The first kappa shape index (κ1) is 8.68. The minimum absolute atomic E-state index is 0.149. The zero-order valence-corrected chi connectivity index (χ0v) is 7.69. The third-order valence-electron chi connectivity index (χ3n) is 1.14. The Morgan fingerprint density at radius 2 is 1.73 bits per heavy atom. The molecule has 0 atom stereocenters. The highest BCUT2D eigenvalue weighted by Crippen LogP contribution is 2.17. The highest BCUT2D eigenvalue weighted by atomic mass is 35.5. The summed E-state index contributed by atoms with van der Waals surface area (Å²) in [4.78, 5) is 3.93. The average Bonchev–Trinajstić information content (AvgIpc) is 1.94. The minimum atomic E-state index is 0.149. The van der Waals surface area contributed by atoms with Crippen LogP contribution in [0.15, 0.2) is 0 Å². The predicted octanol–water partition coefficient (Wildman–Crippen LogP) is 2.30. The summed E-state index contributed by atoms with van der Waals surface area (Å²) in [6.45, 7) is 3.92. The summed E-state index contributed by atoms with van der Waals surface area (Å²) in [5.41, 5.74) is 0. The fourth-order valence-electron chi connectivity index (χ4n) is 0.550. The second kappa shape index (κ2) is 3.32. The third-order valence-corrected chi connectivity index (χ3v) is 1.75. The van der Waals surface area contributed by atoms with Crippen LogP contribution in [0.3, 0.4) is 0 Å². The zero-order valence-electron chi connectivity index (χ0n) is 6.17.